The van der Waals surface area contributed by atoms with Gasteiger partial charge in [-0.3, -0.25) is 9.69 Å². The van der Waals surface area contributed by atoms with Gasteiger partial charge in [0.25, 0.3) is 0 Å². The van der Waals surface area contributed by atoms with Gasteiger partial charge in [0.15, 0.2) is 5.78 Å². The van der Waals surface area contributed by atoms with E-state index < -0.39 is 5.82 Å². The lowest BCUT2D eigenvalue weighted by atomic mass is 10.1. The molecule has 4 heteroatoms. The number of hydrogen-bond donors (Lipinski definition) is 0. The summed E-state index contributed by atoms with van der Waals surface area (Å²) in [5.74, 6) is -0.598. The summed E-state index contributed by atoms with van der Waals surface area (Å²) >= 11 is 2.04. The maximum Gasteiger partial charge on any atom is 0.167 e. The van der Waals surface area contributed by atoms with Crippen LogP contribution in [0.5, 0.6) is 0 Å². The van der Waals surface area contributed by atoms with Crippen LogP contribution < -0.4 is 0 Å². The van der Waals surface area contributed by atoms with Gasteiger partial charge < -0.3 is 0 Å². The predicted molar refractivity (Wildman–Crippen MR) is 115 cm³/mol. The normalized spacial score (nSPS) is 10.9. The molecule has 0 aliphatic carbocycles. The lowest BCUT2D eigenvalue weighted by molar-refractivity contribution is 0.0956. The van der Waals surface area contributed by atoms with Gasteiger partial charge in [-0.1, -0.05) is 60.7 Å². The average Bonchev–Trinajstić information content (AvgIpc) is 2.67. The van der Waals surface area contributed by atoms with Crippen LogP contribution in [0.2, 0.25) is 0 Å². The molecular formula is C23H21FINO. The fraction of sp³-hybridized carbons (Fsp3) is 0.174. The highest BCUT2D eigenvalue weighted by Crippen LogP contribution is 2.16. The minimum Gasteiger partial charge on any atom is -0.294 e. The Morgan fingerprint density at radius 1 is 0.852 bits per heavy atom. The molecule has 0 saturated carbocycles. The molecule has 0 N–H and O–H groups in total. The number of ketones is 1. The molecule has 3 aromatic carbocycles. The standard InChI is InChI=1S/C23H21FINO/c24-22-15-20(25)11-12-21(22)23(27)13-14-26(16-18-7-3-1-4-8-18)17-19-9-5-2-6-10-19/h1-12,15H,13-14,16-17H2. The number of rotatable bonds is 8. The third kappa shape index (κ3) is 5.97. The molecule has 3 rings (SSSR count). The molecule has 0 fully saturated rings. The van der Waals surface area contributed by atoms with Gasteiger partial charge in [-0.15, -0.1) is 0 Å². The van der Waals surface area contributed by atoms with Gasteiger partial charge in [0.05, 0.1) is 5.56 Å². The molecule has 27 heavy (non-hydrogen) atoms. The Kier molecular flexibility index (Phi) is 7.12. The molecule has 0 spiro atoms. The Labute approximate surface area is 173 Å². The van der Waals surface area contributed by atoms with Gasteiger partial charge in [-0.2, -0.15) is 0 Å². The zero-order valence-electron chi connectivity index (χ0n) is 14.9. The third-order valence-electron chi connectivity index (χ3n) is 4.38. The molecule has 0 aliphatic rings. The van der Waals surface area contributed by atoms with E-state index in [9.17, 15) is 9.18 Å². The minimum atomic E-state index is -0.440. The number of carbonyl (C=O) groups is 1. The summed E-state index contributed by atoms with van der Waals surface area (Å²) in [5, 5.41) is 0. The van der Waals surface area contributed by atoms with Crippen molar-refractivity contribution in [1.82, 2.24) is 4.90 Å². The summed E-state index contributed by atoms with van der Waals surface area (Å²) in [6.07, 6.45) is 0.289. The third-order valence-corrected chi connectivity index (χ3v) is 5.06. The molecule has 0 atom stereocenters. The van der Waals surface area contributed by atoms with Gasteiger partial charge >= 0.3 is 0 Å². The van der Waals surface area contributed by atoms with Crippen molar-refractivity contribution in [3.63, 3.8) is 0 Å². The van der Waals surface area contributed by atoms with E-state index in [1.54, 1.807) is 12.1 Å². The van der Waals surface area contributed by atoms with Crippen molar-refractivity contribution in [2.45, 2.75) is 19.5 Å². The zero-order chi connectivity index (χ0) is 19.1. The number of hydrogen-bond acceptors (Lipinski definition) is 2. The van der Waals surface area contributed by atoms with Crippen LogP contribution in [0.1, 0.15) is 27.9 Å². The molecule has 0 saturated heterocycles. The van der Waals surface area contributed by atoms with Crippen LogP contribution in [0, 0.1) is 9.39 Å². The van der Waals surface area contributed by atoms with E-state index in [2.05, 4.69) is 29.2 Å². The molecule has 0 radical (unpaired) electrons. The zero-order valence-corrected chi connectivity index (χ0v) is 17.1. The van der Waals surface area contributed by atoms with Crippen molar-refractivity contribution in [3.8, 4) is 0 Å². The lowest BCUT2D eigenvalue weighted by Crippen LogP contribution is -2.26. The van der Waals surface area contributed by atoms with E-state index in [4.69, 9.17) is 0 Å². The molecule has 0 aromatic heterocycles. The van der Waals surface area contributed by atoms with Crippen molar-refractivity contribution in [2.24, 2.45) is 0 Å². The maximum atomic E-state index is 14.1. The van der Waals surface area contributed by atoms with Gasteiger partial charge in [-0.25, -0.2) is 4.39 Å². The summed E-state index contributed by atoms with van der Waals surface area (Å²) in [6.45, 7) is 2.07. The fourth-order valence-corrected chi connectivity index (χ4v) is 3.46. The lowest BCUT2D eigenvalue weighted by Gasteiger charge is -2.22. The highest BCUT2D eigenvalue weighted by molar-refractivity contribution is 14.1. The van der Waals surface area contributed by atoms with Crippen LogP contribution in [0.3, 0.4) is 0 Å². The first-order chi connectivity index (χ1) is 13.1. The van der Waals surface area contributed by atoms with Gasteiger partial charge in [0, 0.05) is 29.6 Å². The highest BCUT2D eigenvalue weighted by Gasteiger charge is 2.15. The van der Waals surface area contributed by atoms with Crippen molar-refractivity contribution >= 4 is 28.4 Å². The number of benzene rings is 3. The number of halogens is 2. The summed E-state index contributed by atoms with van der Waals surface area (Å²) in [4.78, 5) is 14.7. The van der Waals surface area contributed by atoms with Crippen molar-refractivity contribution in [1.29, 1.82) is 0 Å². The second kappa shape index (κ2) is 9.76. The largest absolute Gasteiger partial charge is 0.294 e. The summed E-state index contributed by atoms with van der Waals surface area (Å²) in [6, 6.07) is 25.1. The van der Waals surface area contributed by atoms with E-state index in [1.807, 2.05) is 59.0 Å². The molecule has 0 amide bonds. The molecule has 0 heterocycles. The molecule has 138 valence electrons. The average molecular weight is 473 g/mol. The van der Waals surface area contributed by atoms with E-state index >= 15 is 0 Å². The number of nitrogens with zero attached hydrogens (tertiary/aromatic N) is 1. The second-order valence-electron chi connectivity index (χ2n) is 6.48. The fourth-order valence-electron chi connectivity index (χ4n) is 3.01. The summed E-state index contributed by atoms with van der Waals surface area (Å²) in [5.41, 5.74) is 2.57. The molecule has 0 unspecified atom stereocenters. The molecular weight excluding hydrogens is 452 g/mol. The van der Waals surface area contributed by atoms with E-state index in [1.165, 1.54) is 17.2 Å². The Morgan fingerprint density at radius 2 is 1.41 bits per heavy atom. The number of Topliss-reactive ketones (excluding diaryl/α,β-unsaturated/α-hetero) is 1. The maximum absolute atomic E-state index is 14.1. The van der Waals surface area contributed by atoms with Crippen LogP contribution >= 0.6 is 22.6 Å². The Hall–Kier alpha value is -2.05. The van der Waals surface area contributed by atoms with Crippen LogP contribution in [0.15, 0.2) is 78.9 Å². The van der Waals surface area contributed by atoms with Gasteiger partial charge in [-0.05, 0) is 51.9 Å². The first-order valence-corrected chi connectivity index (χ1v) is 9.98. The second-order valence-corrected chi connectivity index (χ2v) is 7.72. The highest BCUT2D eigenvalue weighted by atomic mass is 127. The molecule has 3 aromatic rings. The van der Waals surface area contributed by atoms with E-state index in [0.717, 1.165) is 16.7 Å². The van der Waals surface area contributed by atoms with Crippen LogP contribution in [-0.4, -0.2) is 17.2 Å². The SMILES string of the molecule is O=C(CCN(Cc1ccccc1)Cc1ccccc1)c1ccc(I)cc1F. The Bertz CT molecular complexity index is 842. The smallest absolute Gasteiger partial charge is 0.167 e. The topological polar surface area (TPSA) is 20.3 Å². The van der Waals surface area contributed by atoms with Crippen LogP contribution in [0.4, 0.5) is 4.39 Å². The Balaban J connectivity index is 1.69. The van der Waals surface area contributed by atoms with Crippen molar-refractivity contribution in [3.05, 3.63) is 105 Å². The first kappa shape index (κ1) is 19.7. The van der Waals surface area contributed by atoms with Crippen molar-refractivity contribution in [2.75, 3.05) is 6.54 Å². The van der Waals surface area contributed by atoms with Crippen LogP contribution in [-0.2, 0) is 13.1 Å². The summed E-state index contributed by atoms with van der Waals surface area (Å²) in [7, 11) is 0. The Morgan fingerprint density at radius 3 is 1.93 bits per heavy atom. The summed E-state index contributed by atoms with van der Waals surface area (Å²) < 4.78 is 14.9. The monoisotopic (exact) mass is 473 g/mol. The van der Waals surface area contributed by atoms with Gasteiger partial charge in [0.2, 0.25) is 0 Å². The van der Waals surface area contributed by atoms with Gasteiger partial charge in [0.1, 0.15) is 5.82 Å². The quantitative estimate of drug-likeness (QED) is 0.309. The van der Waals surface area contributed by atoms with E-state index in [-0.39, 0.29) is 17.8 Å². The molecule has 0 bridgehead atoms. The number of carbonyl (C=O) groups excluding carboxylic acids is 1. The molecule has 2 nitrogen and oxygen atoms in total. The first-order valence-electron chi connectivity index (χ1n) is 8.90. The minimum absolute atomic E-state index is 0.157. The predicted octanol–water partition coefficient (Wildman–Crippen LogP) is 5.71. The molecule has 0 aliphatic heterocycles. The van der Waals surface area contributed by atoms with E-state index in [0.29, 0.717) is 6.54 Å². The van der Waals surface area contributed by atoms with Crippen molar-refractivity contribution < 1.29 is 9.18 Å². The van der Waals surface area contributed by atoms with Crippen LogP contribution in [0.25, 0.3) is 0 Å².